The smallest absolute Gasteiger partial charge is 0.407 e. The van der Waals surface area contributed by atoms with Gasteiger partial charge in [-0.25, -0.2) is 9.59 Å². The molecule has 118 valence electrons. The summed E-state index contributed by atoms with van der Waals surface area (Å²) in [6.45, 7) is 9.70. The molecular weight excluding hydrogens is 260 g/mol. The van der Waals surface area contributed by atoms with Gasteiger partial charge in [-0.2, -0.15) is 0 Å². The molecule has 0 heterocycles. The molecule has 1 atom stereocenters. The van der Waals surface area contributed by atoms with Crippen molar-refractivity contribution in [1.82, 2.24) is 10.6 Å². The highest BCUT2D eigenvalue weighted by atomic mass is 16.5. The molecule has 0 bridgehead atoms. The zero-order chi connectivity index (χ0) is 15.6. The molecule has 0 saturated carbocycles. The van der Waals surface area contributed by atoms with Gasteiger partial charge in [-0.3, -0.25) is 0 Å². The van der Waals surface area contributed by atoms with Gasteiger partial charge >= 0.3 is 12.2 Å². The van der Waals surface area contributed by atoms with Crippen molar-refractivity contribution in [2.24, 2.45) is 11.3 Å². The van der Waals surface area contributed by atoms with Gasteiger partial charge in [-0.1, -0.05) is 20.8 Å². The highest BCUT2D eigenvalue weighted by Gasteiger charge is 2.21. The largest absolute Gasteiger partial charge is 0.453 e. The van der Waals surface area contributed by atoms with E-state index >= 15 is 0 Å². The van der Waals surface area contributed by atoms with Crippen LogP contribution in [0, 0.1) is 11.3 Å². The molecule has 0 aromatic carbocycles. The van der Waals surface area contributed by atoms with Crippen LogP contribution in [0.2, 0.25) is 0 Å². The Kier molecular flexibility index (Phi) is 8.76. The van der Waals surface area contributed by atoms with Crippen LogP contribution in [0.5, 0.6) is 0 Å². The number of carbonyl (C=O) groups is 2. The van der Waals surface area contributed by atoms with Gasteiger partial charge in [0.25, 0.3) is 0 Å². The summed E-state index contributed by atoms with van der Waals surface area (Å²) in [5.41, 5.74) is 0.0801. The van der Waals surface area contributed by atoms with Gasteiger partial charge in [0.2, 0.25) is 0 Å². The van der Waals surface area contributed by atoms with Crippen LogP contribution in [0.25, 0.3) is 0 Å². The molecule has 1 unspecified atom stereocenters. The fourth-order valence-corrected chi connectivity index (χ4v) is 2.13. The van der Waals surface area contributed by atoms with Crippen molar-refractivity contribution < 1.29 is 19.1 Å². The Balaban J connectivity index is 3.92. The zero-order valence-electron chi connectivity index (χ0n) is 13.2. The van der Waals surface area contributed by atoms with E-state index in [0.717, 1.165) is 12.8 Å². The van der Waals surface area contributed by atoms with Crippen molar-refractivity contribution in [3.63, 3.8) is 0 Å². The number of nitrogens with one attached hydrogen (secondary N) is 2. The van der Waals surface area contributed by atoms with Gasteiger partial charge in [0.05, 0.1) is 13.7 Å². The van der Waals surface area contributed by atoms with E-state index in [9.17, 15) is 9.59 Å². The maximum absolute atomic E-state index is 11.2. The third-order valence-electron chi connectivity index (χ3n) is 3.03. The summed E-state index contributed by atoms with van der Waals surface area (Å²) in [6.07, 6.45) is 1.03. The highest BCUT2D eigenvalue weighted by Crippen LogP contribution is 2.28. The molecule has 6 nitrogen and oxygen atoms in total. The molecule has 0 saturated heterocycles. The van der Waals surface area contributed by atoms with Gasteiger partial charge < -0.3 is 20.1 Å². The number of rotatable bonds is 8. The Morgan fingerprint density at radius 1 is 1.20 bits per heavy atom. The zero-order valence-corrected chi connectivity index (χ0v) is 13.2. The van der Waals surface area contributed by atoms with Crippen LogP contribution in [-0.4, -0.2) is 39.0 Å². The number of ether oxygens (including phenoxy) is 2. The van der Waals surface area contributed by atoms with Crippen molar-refractivity contribution in [3.8, 4) is 0 Å². The topological polar surface area (TPSA) is 76.7 Å². The molecule has 0 aliphatic rings. The third kappa shape index (κ3) is 9.47. The van der Waals surface area contributed by atoms with Gasteiger partial charge in [0.1, 0.15) is 0 Å². The standard InChI is InChI=1S/C14H28N2O4/c1-6-20-13(18)15-8-7-14(3,4)9-11(2)10-16-12(17)19-5/h11H,6-10H2,1-5H3,(H,15,18)(H,16,17). The first-order valence-electron chi connectivity index (χ1n) is 7.03. The summed E-state index contributed by atoms with van der Waals surface area (Å²) in [5, 5.41) is 5.42. The van der Waals surface area contributed by atoms with E-state index < -0.39 is 6.09 Å². The van der Waals surface area contributed by atoms with E-state index in [-0.39, 0.29) is 11.5 Å². The fourth-order valence-electron chi connectivity index (χ4n) is 2.13. The first-order valence-corrected chi connectivity index (χ1v) is 7.03. The lowest BCUT2D eigenvalue weighted by molar-refractivity contribution is 0.149. The van der Waals surface area contributed by atoms with Crippen LogP contribution in [-0.2, 0) is 9.47 Å². The van der Waals surface area contributed by atoms with Crippen LogP contribution in [0.15, 0.2) is 0 Å². The Labute approximate surface area is 121 Å². The average molecular weight is 288 g/mol. The van der Waals surface area contributed by atoms with E-state index in [4.69, 9.17) is 4.74 Å². The number of carbonyl (C=O) groups excluding carboxylic acids is 2. The summed E-state index contributed by atoms with van der Waals surface area (Å²) in [4.78, 5) is 22.2. The Hall–Kier alpha value is -1.46. The fraction of sp³-hybridized carbons (Fsp3) is 0.857. The van der Waals surface area contributed by atoms with E-state index in [1.807, 2.05) is 0 Å². The monoisotopic (exact) mass is 288 g/mol. The molecule has 0 aliphatic carbocycles. The second-order valence-electron chi connectivity index (χ2n) is 5.74. The summed E-state index contributed by atoms with van der Waals surface area (Å²) < 4.78 is 9.34. The van der Waals surface area contributed by atoms with Crippen molar-refractivity contribution in [2.75, 3.05) is 26.8 Å². The maximum atomic E-state index is 11.2. The predicted octanol–water partition coefficient (Wildman–Crippen LogP) is 2.53. The highest BCUT2D eigenvalue weighted by molar-refractivity contribution is 5.67. The first-order chi connectivity index (χ1) is 9.30. The lowest BCUT2D eigenvalue weighted by atomic mass is 9.80. The van der Waals surface area contributed by atoms with E-state index in [1.54, 1.807) is 6.92 Å². The molecule has 0 spiro atoms. The molecule has 0 aromatic rings. The van der Waals surface area contributed by atoms with Gasteiger partial charge in [0, 0.05) is 13.1 Å². The number of hydrogen-bond donors (Lipinski definition) is 2. The van der Waals surface area contributed by atoms with Crippen molar-refractivity contribution in [2.45, 2.75) is 40.5 Å². The van der Waals surface area contributed by atoms with Gasteiger partial charge in [-0.05, 0) is 31.1 Å². The second-order valence-corrected chi connectivity index (χ2v) is 5.74. The number of amides is 2. The first kappa shape index (κ1) is 18.5. The van der Waals surface area contributed by atoms with Gasteiger partial charge in [-0.15, -0.1) is 0 Å². The van der Waals surface area contributed by atoms with Crippen LogP contribution >= 0.6 is 0 Å². The molecule has 0 aliphatic heterocycles. The molecule has 2 N–H and O–H groups in total. The predicted molar refractivity (Wildman–Crippen MR) is 77.6 cm³/mol. The minimum atomic E-state index is -0.404. The minimum Gasteiger partial charge on any atom is -0.453 e. The Morgan fingerprint density at radius 2 is 1.85 bits per heavy atom. The SMILES string of the molecule is CCOC(=O)NCCC(C)(C)CC(C)CNC(=O)OC. The van der Waals surface area contributed by atoms with Crippen molar-refractivity contribution in [3.05, 3.63) is 0 Å². The summed E-state index contributed by atoms with van der Waals surface area (Å²) in [7, 11) is 1.35. The Bertz CT molecular complexity index is 306. The quantitative estimate of drug-likeness (QED) is 0.719. The molecular formula is C14H28N2O4. The Morgan fingerprint density at radius 3 is 2.40 bits per heavy atom. The summed E-state index contributed by atoms with van der Waals surface area (Å²) in [5.74, 6) is 0.340. The van der Waals surface area contributed by atoms with Crippen molar-refractivity contribution in [1.29, 1.82) is 0 Å². The van der Waals surface area contributed by atoms with Crippen LogP contribution < -0.4 is 10.6 Å². The molecule has 0 rings (SSSR count). The summed E-state index contributed by atoms with van der Waals surface area (Å²) >= 11 is 0. The van der Waals surface area contributed by atoms with Gasteiger partial charge in [0.15, 0.2) is 0 Å². The second kappa shape index (κ2) is 9.44. The number of alkyl carbamates (subject to hydrolysis) is 2. The van der Waals surface area contributed by atoms with Crippen LogP contribution in [0.1, 0.15) is 40.5 Å². The van der Waals surface area contributed by atoms with Crippen LogP contribution in [0.4, 0.5) is 9.59 Å². The molecule has 0 fully saturated rings. The van der Waals surface area contributed by atoms with E-state index in [2.05, 4.69) is 36.1 Å². The van der Waals surface area contributed by atoms with E-state index in [0.29, 0.717) is 25.6 Å². The molecule has 0 radical (unpaired) electrons. The van der Waals surface area contributed by atoms with Crippen LogP contribution in [0.3, 0.4) is 0 Å². The lowest BCUT2D eigenvalue weighted by Gasteiger charge is -2.28. The normalized spacial score (nSPS) is 12.4. The maximum Gasteiger partial charge on any atom is 0.407 e. The molecule has 2 amide bonds. The summed E-state index contributed by atoms with van der Waals surface area (Å²) in [6, 6.07) is 0. The minimum absolute atomic E-state index is 0.0801. The lowest BCUT2D eigenvalue weighted by Crippen LogP contribution is -2.32. The molecule has 0 aromatic heterocycles. The molecule has 20 heavy (non-hydrogen) atoms. The van der Waals surface area contributed by atoms with E-state index in [1.165, 1.54) is 7.11 Å². The van der Waals surface area contributed by atoms with Crippen molar-refractivity contribution >= 4 is 12.2 Å². The average Bonchev–Trinajstić information content (AvgIpc) is 2.35. The molecule has 6 heteroatoms. The number of methoxy groups -OCH3 is 1. The number of hydrogen-bond acceptors (Lipinski definition) is 4. The third-order valence-corrected chi connectivity index (χ3v) is 3.03.